The normalized spacial score (nSPS) is 12.7. The molecule has 5 heteroatoms. The van der Waals surface area contributed by atoms with Crippen LogP contribution in [0.4, 0.5) is 0 Å². The second-order valence-electron chi connectivity index (χ2n) is 12.5. The second kappa shape index (κ2) is 12.0. The van der Waals surface area contributed by atoms with Gasteiger partial charge in [0.1, 0.15) is 11.5 Å². The van der Waals surface area contributed by atoms with E-state index >= 15 is 0 Å². The standard InChI is InChI=1S/C44H32N3OP/c48-49(36-14-6-2-7-15-36,37-16-8-3-9-17-37)38-27-24-33(25-28-38)32-20-22-34(23-21-32)43-45-40-29-26-35(31-12-4-1-5-13-31)30-39(40)44-46-41-18-10-11-19-42(41)47(43)44/h1-9,11-17,19-30H,10,18H2. The Morgan fingerprint density at radius 3 is 1.71 bits per heavy atom. The number of rotatable bonds is 6. The Morgan fingerprint density at radius 2 is 1.06 bits per heavy atom. The van der Waals surface area contributed by atoms with Crippen molar-refractivity contribution in [2.75, 3.05) is 0 Å². The number of hydrogen-bond acceptors (Lipinski definition) is 3. The molecule has 0 bridgehead atoms. The maximum absolute atomic E-state index is 14.8. The topological polar surface area (TPSA) is 47.3 Å². The molecule has 0 unspecified atom stereocenters. The minimum atomic E-state index is -3.03. The van der Waals surface area contributed by atoms with Crippen LogP contribution in [-0.4, -0.2) is 14.4 Å². The molecule has 6 aromatic carbocycles. The van der Waals surface area contributed by atoms with Crippen LogP contribution >= 0.6 is 7.14 Å². The molecule has 0 aliphatic heterocycles. The maximum atomic E-state index is 14.8. The van der Waals surface area contributed by atoms with E-state index in [4.69, 9.17) is 9.97 Å². The smallest absolute Gasteiger partial charge is 0.171 e. The molecule has 49 heavy (non-hydrogen) atoms. The molecule has 0 saturated heterocycles. The molecular formula is C44H32N3OP. The van der Waals surface area contributed by atoms with Crippen molar-refractivity contribution in [3.8, 4) is 33.6 Å². The molecule has 8 aromatic rings. The van der Waals surface area contributed by atoms with Crippen LogP contribution in [0.5, 0.6) is 0 Å². The lowest BCUT2D eigenvalue weighted by Gasteiger charge is -2.20. The van der Waals surface area contributed by atoms with Gasteiger partial charge in [0.15, 0.2) is 7.14 Å². The first-order chi connectivity index (χ1) is 24.2. The van der Waals surface area contributed by atoms with Crippen LogP contribution < -0.4 is 15.9 Å². The largest absolute Gasteiger partial charge is 0.309 e. The van der Waals surface area contributed by atoms with Gasteiger partial charge >= 0.3 is 0 Å². The van der Waals surface area contributed by atoms with Gasteiger partial charge in [-0.1, -0.05) is 152 Å². The summed E-state index contributed by atoms with van der Waals surface area (Å²) in [7, 11) is -3.03. The van der Waals surface area contributed by atoms with Gasteiger partial charge in [-0.25, -0.2) is 9.97 Å². The van der Waals surface area contributed by atoms with E-state index in [1.54, 1.807) is 0 Å². The molecule has 0 amide bonds. The average Bonchev–Trinajstić information content (AvgIpc) is 3.58. The summed E-state index contributed by atoms with van der Waals surface area (Å²) in [6, 6.07) is 53.3. The number of fused-ring (bicyclic) bond motifs is 5. The predicted molar refractivity (Wildman–Crippen MR) is 204 cm³/mol. The van der Waals surface area contributed by atoms with E-state index < -0.39 is 7.14 Å². The summed E-state index contributed by atoms with van der Waals surface area (Å²) < 4.78 is 17.1. The molecule has 234 valence electrons. The Bertz CT molecular complexity index is 2500. The molecule has 2 aromatic heterocycles. The molecule has 2 heterocycles. The van der Waals surface area contributed by atoms with Crippen LogP contribution in [0.15, 0.2) is 164 Å². The monoisotopic (exact) mass is 649 g/mol. The summed E-state index contributed by atoms with van der Waals surface area (Å²) in [4.78, 5) is 10.4. The van der Waals surface area contributed by atoms with Crippen molar-refractivity contribution in [3.63, 3.8) is 0 Å². The highest BCUT2D eigenvalue weighted by Crippen LogP contribution is 2.42. The molecule has 0 saturated carbocycles. The molecular weight excluding hydrogens is 617 g/mol. The lowest BCUT2D eigenvalue weighted by molar-refractivity contribution is 0.592. The predicted octanol–water partition coefficient (Wildman–Crippen LogP) is 9.48. The summed E-state index contributed by atoms with van der Waals surface area (Å²) in [6.45, 7) is 0. The van der Waals surface area contributed by atoms with Crippen LogP contribution in [0.3, 0.4) is 0 Å². The summed E-state index contributed by atoms with van der Waals surface area (Å²) >= 11 is 0. The summed E-state index contributed by atoms with van der Waals surface area (Å²) in [5, 5.41) is 3.54. The van der Waals surface area contributed by atoms with Gasteiger partial charge in [0.25, 0.3) is 0 Å². The second-order valence-corrected chi connectivity index (χ2v) is 15.2. The minimum absolute atomic E-state index is 0.821. The number of nitrogens with zero attached hydrogens (tertiary/aromatic N) is 3. The van der Waals surface area contributed by atoms with E-state index in [0.717, 1.165) is 84.8 Å². The van der Waals surface area contributed by atoms with Gasteiger partial charge in [-0.15, -0.1) is 0 Å². The fourth-order valence-corrected chi connectivity index (χ4v) is 9.67. The van der Waals surface area contributed by atoms with Gasteiger partial charge < -0.3 is 4.57 Å². The van der Waals surface area contributed by atoms with Crippen LogP contribution in [0, 0.1) is 0 Å². The van der Waals surface area contributed by atoms with Crippen molar-refractivity contribution in [1.29, 1.82) is 0 Å². The lowest BCUT2D eigenvalue weighted by Crippen LogP contribution is -2.24. The zero-order valence-electron chi connectivity index (χ0n) is 26.8. The van der Waals surface area contributed by atoms with E-state index in [0.29, 0.717) is 0 Å². The van der Waals surface area contributed by atoms with Crippen molar-refractivity contribution in [3.05, 3.63) is 175 Å². The van der Waals surface area contributed by atoms with Gasteiger partial charge in [-0.2, -0.15) is 0 Å². The SMILES string of the molecule is O=P(c1ccccc1)(c1ccccc1)c1ccc(-c2ccc(-c3nc4ccc(-c5ccccc5)cc4c4nc5c(n34)C=CCC5)cc2)cc1. The van der Waals surface area contributed by atoms with E-state index in [2.05, 4.69) is 95.4 Å². The van der Waals surface area contributed by atoms with E-state index in [1.165, 1.54) is 5.56 Å². The summed E-state index contributed by atoms with van der Waals surface area (Å²) in [6.07, 6.45) is 6.33. The number of benzene rings is 6. The number of hydrogen-bond donors (Lipinski definition) is 0. The molecule has 1 aliphatic rings. The van der Waals surface area contributed by atoms with Crippen LogP contribution in [-0.2, 0) is 11.0 Å². The Kier molecular flexibility index (Phi) is 7.18. The Morgan fingerprint density at radius 1 is 0.531 bits per heavy atom. The first kappa shape index (κ1) is 29.3. The van der Waals surface area contributed by atoms with Crippen molar-refractivity contribution < 1.29 is 4.57 Å². The van der Waals surface area contributed by atoms with Gasteiger partial charge in [0, 0.05) is 26.9 Å². The first-order valence-electron chi connectivity index (χ1n) is 16.7. The van der Waals surface area contributed by atoms with Crippen molar-refractivity contribution in [2.45, 2.75) is 12.8 Å². The third-order valence-electron chi connectivity index (χ3n) is 9.54. The highest BCUT2D eigenvalue weighted by molar-refractivity contribution is 7.85. The van der Waals surface area contributed by atoms with Crippen molar-refractivity contribution in [1.82, 2.24) is 14.4 Å². The quantitative estimate of drug-likeness (QED) is 0.169. The number of allylic oxidation sites excluding steroid dienone is 1. The Hall–Kier alpha value is -5.83. The van der Waals surface area contributed by atoms with Crippen LogP contribution in [0.1, 0.15) is 17.8 Å². The molecule has 1 aliphatic carbocycles. The van der Waals surface area contributed by atoms with E-state index in [9.17, 15) is 4.57 Å². The third-order valence-corrected chi connectivity index (χ3v) is 12.6. The Labute approximate surface area is 285 Å². The Balaban J connectivity index is 1.11. The fraction of sp³-hybridized carbons (Fsp3) is 0.0455. The molecule has 0 radical (unpaired) electrons. The summed E-state index contributed by atoms with van der Waals surface area (Å²) in [5.74, 6) is 0.879. The van der Waals surface area contributed by atoms with Gasteiger partial charge in [0.05, 0.1) is 16.9 Å². The third kappa shape index (κ3) is 5.04. The molecule has 0 N–H and O–H groups in total. The van der Waals surface area contributed by atoms with E-state index in [1.807, 2.05) is 78.9 Å². The lowest BCUT2D eigenvalue weighted by atomic mass is 10.0. The molecule has 0 atom stereocenters. The van der Waals surface area contributed by atoms with Crippen molar-refractivity contribution in [2.24, 2.45) is 0 Å². The fourth-order valence-electron chi connectivity index (χ4n) is 7.02. The minimum Gasteiger partial charge on any atom is -0.309 e. The number of aromatic nitrogens is 3. The number of aryl methyl sites for hydroxylation is 1. The number of imidazole rings is 1. The summed E-state index contributed by atoms with van der Waals surface area (Å²) in [5.41, 5.74) is 9.59. The molecule has 4 nitrogen and oxygen atoms in total. The highest BCUT2D eigenvalue weighted by Gasteiger charge is 2.29. The van der Waals surface area contributed by atoms with Crippen molar-refractivity contribution >= 4 is 45.7 Å². The highest BCUT2D eigenvalue weighted by atomic mass is 31.2. The maximum Gasteiger partial charge on any atom is 0.171 e. The molecule has 0 fully saturated rings. The molecule has 0 spiro atoms. The zero-order valence-corrected chi connectivity index (χ0v) is 27.7. The molecule has 9 rings (SSSR count). The van der Waals surface area contributed by atoms with Crippen LogP contribution in [0.2, 0.25) is 0 Å². The van der Waals surface area contributed by atoms with Gasteiger partial charge in [0.2, 0.25) is 0 Å². The first-order valence-corrected chi connectivity index (χ1v) is 18.4. The van der Waals surface area contributed by atoms with E-state index in [-0.39, 0.29) is 0 Å². The zero-order chi connectivity index (χ0) is 32.8. The van der Waals surface area contributed by atoms with Gasteiger partial charge in [-0.3, -0.25) is 4.40 Å². The van der Waals surface area contributed by atoms with Gasteiger partial charge in [-0.05, 0) is 53.3 Å². The average molecular weight is 650 g/mol. The van der Waals surface area contributed by atoms with Crippen LogP contribution in [0.25, 0.3) is 56.3 Å².